The summed E-state index contributed by atoms with van der Waals surface area (Å²) in [4.78, 5) is 3.98. The number of aryl methyl sites for hydroxylation is 1. The molecule has 0 aromatic carbocycles. The van der Waals surface area contributed by atoms with Crippen molar-refractivity contribution in [1.82, 2.24) is 10.3 Å². The van der Waals surface area contributed by atoms with E-state index in [9.17, 15) is 0 Å². The van der Waals surface area contributed by atoms with Crippen molar-refractivity contribution >= 4 is 0 Å². The largest absolute Gasteiger partial charge is 0.311 e. The minimum absolute atomic E-state index is 0.872. The SMILES string of the molecule is C1CCC(NC2CCCCC2)CC1.Cc1ccccn1. The Morgan fingerprint density at radius 3 is 1.75 bits per heavy atom. The summed E-state index contributed by atoms with van der Waals surface area (Å²) in [7, 11) is 0. The summed E-state index contributed by atoms with van der Waals surface area (Å²) < 4.78 is 0. The predicted molar refractivity (Wildman–Crippen MR) is 85.9 cm³/mol. The number of rotatable bonds is 2. The first-order valence-corrected chi connectivity index (χ1v) is 8.48. The molecular formula is C18H30N2. The van der Waals surface area contributed by atoms with Crippen LogP contribution in [0.15, 0.2) is 24.4 Å². The van der Waals surface area contributed by atoms with E-state index in [2.05, 4.69) is 10.3 Å². The van der Waals surface area contributed by atoms with E-state index in [0.29, 0.717) is 0 Å². The van der Waals surface area contributed by atoms with Crippen molar-refractivity contribution in [2.45, 2.75) is 83.2 Å². The van der Waals surface area contributed by atoms with Crippen LogP contribution in [0.2, 0.25) is 0 Å². The molecule has 3 rings (SSSR count). The highest BCUT2D eigenvalue weighted by atomic mass is 14.9. The van der Waals surface area contributed by atoms with Crippen molar-refractivity contribution in [3.05, 3.63) is 30.1 Å². The molecule has 2 nitrogen and oxygen atoms in total. The van der Waals surface area contributed by atoms with E-state index in [4.69, 9.17) is 0 Å². The topological polar surface area (TPSA) is 24.9 Å². The molecule has 1 heterocycles. The van der Waals surface area contributed by atoms with Gasteiger partial charge in [0.05, 0.1) is 0 Å². The van der Waals surface area contributed by atoms with E-state index in [1.165, 1.54) is 64.2 Å². The molecule has 0 unspecified atom stereocenters. The lowest BCUT2D eigenvalue weighted by atomic mass is 9.91. The first-order valence-electron chi connectivity index (χ1n) is 8.48. The van der Waals surface area contributed by atoms with Gasteiger partial charge in [-0.15, -0.1) is 0 Å². The predicted octanol–water partition coefficient (Wildman–Crippen LogP) is 4.63. The van der Waals surface area contributed by atoms with Gasteiger partial charge in [-0.25, -0.2) is 0 Å². The molecule has 0 atom stereocenters. The Hall–Kier alpha value is -0.890. The molecular weight excluding hydrogens is 244 g/mol. The average molecular weight is 274 g/mol. The van der Waals surface area contributed by atoms with Crippen LogP contribution < -0.4 is 5.32 Å². The standard InChI is InChI=1S/C12H23N.C6H7N/c1-3-7-11(8-4-1)13-12-9-5-2-6-10-12;1-6-4-2-3-5-7-6/h11-13H,1-10H2;2-5H,1H3. The van der Waals surface area contributed by atoms with Crippen LogP contribution in [0.5, 0.6) is 0 Å². The van der Waals surface area contributed by atoms with Crippen molar-refractivity contribution < 1.29 is 0 Å². The van der Waals surface area contributed by atoms with Gasteiger partial charge in [0, 0.05) is 24.0 Å². The normalized spacial score (nSPS) is 21.1. The summed E-state index contributed by atoms with van der Waals surface area (Å²) in [5, 5.41) is 3.86. The van der Waals surface area contributed by atoms with Crippen molar-refractivity contribution in [1.29, 1.82) is 0 Å². The summed E-state index contributed by atoms with van der Waals surface area (Å²) in [5.41, 5.74) is 1.07. The van der Waals surface area contributed by atoms with Crippen molar-refractivity contribution in [2.24, 2.45) is 0 Å². The summed E-state index contributed by atoms with van der Waals surface area (Å²) in [6.45, 7) is 1.97. The zero-order valence-electron chi connectivity index (χ0n) is 13.0. The van der Waals surface area contributed by atoms with Gasteiger partial charge in [-0.3, -0.25) is 4.98 Å². The molecule has 0 radical (unpaired) electrons. The molecule has 0 amide bonds. The Bertz CT molecular complexity index is 322. The minimum Gasteiger partial charge on any atom is -0.311 e. The van der Waals surface area contributed by atoms with Gasteiger partial charge < -0.3 is 5.32 Å². The number of hydrogen-bond donors (Lipinski definition) is 1. The summed E-state index contributed by atoms with van der Waals surface area (Å²) >= 11 is 0. The second kappa shape index (κ2) is 9.12. The van der Waals surface area contributed by atoms with Gasteiger partial charge in [0.15, 0.2) is 0 Å². The molecule has 0 saturated heterocycles. The quantitative estimate of drug-likeness (QED) is 0.850. The van der Waals surface area contributed by atoms with E-state index >= 15 is 0 Å². The maximum atomic E-state index is 3.98. The fourth-order valence-electron chi connectivity index (χ4n) is 3.32. The van der Waals surface area contributed by atoms with Crippen LogP contribution in [0.3, 0.4) is 0 Å². The summed E-state index contributed by atoms with van der Waals surface area (Å²) in [6, 6.07) is 7.60. The lowest BCUT2D eigenvalue weighted by Gasteiger charge is -2.30. The van der Waals surface area contributed by atoms with Gasteiger partial charge in [-0.05, 0) is 44.7 Å². The smallest absolute Gasteiger partial charge is 0.0372 e. The molecule has 2 fully saturated rings. The first-order chi connectivity index (χ1) is 9.84. The van der Waals surface area contributed by atoms with Crippen LogP contribution in [-0.4, -0.2) is 17.1 Å². The molecule has 2 heteroatoms. The zero-order valence-corrected chi connectivity index (χ0v) is 13.0. The van der Waals surface area contributed by atoms with Crippen molar-refractivity contribution in [2.75, 3.05) is 0 Å². The van der Waals surface area contributed by atoms with Gasteiger partial charge in [0.2, 0.25) is 0 Å². The maximum absolute atomic E-state index is 3.98. The van der Waals surface area contributed by atoms with E-state index < -0.39 is 0 Å². The molecule has 20 heavy (non-hydrogen) atoms. The van der Waals surface area contributed by atoms with Gasteiger partial charge in [0.1, 0.15) is 0 Å². The van der Waals surface area contributed by atoms with Crippen LogP contribution >= 0.6 is 0 Å². The van der Waals surface area contributed by atoms with Crippen molar-refractivity contribution in [3.8, 4) is 0 Å². The minimum atomic E-state index is 0.872. The van der Waals surface area contributed by atoms with Gasteiger partial charge in [-0.1, -0.05) is 44.6 Å². The molecule has 112 valence electrons. The number of hydrogen-bond acceptors (Lipinski definition) is 2. The molecule has 0 bridgehead atoms. The van der Waals surface area contributed by atoms with E-state index in [1.807, 2.05) is 25.1 Å². The van der Waals surface area contributed by atoms with Crippen LogP contribution in [0.25, 0.3) is 0 Å². The third-order valence-corrected chi connectivity index (χ3v) is 4.49. The van der Waals surface area contributed by atoms with E-state index in [0.717, 1.165) is 17.8 Å². The Kier molecular flexibility index (Phi) is 7.07. The fraction of sp³-hybridized carbons (Fsp3) is 0.722. The summed E-state index contributed by atoms with van der Waals surface area (Å²) in [5.74, 6) is 0. The second-order valence-corrected chi connectivity index (χ2v) is 6.31. The zero-order chi connectivity index (χ0) is 14.0. The highest BCUT2D eigenvalue weighted by molar-refractivity contribution is 4.99. The lowest BCUT2D eigenvalue weighted by molar-refractivity contribution is 0.291. The Morgan fingerprint density at radius 2 is 1.40 bits per heavy atom. The monoisotopic (exact) mass is 274 g/mol. The molecule has 1 aromatic heterocycles. The summed E-state index contributed by atoms with van der Waals surface area (Å²) in [6.07, 6.45) is 16.4. The Balaban J connectivity index is 0.000000178. The lowest BCUT2D eigenvalue weighted by Crippen LogP contribution is -2.40. The van der Waals surface area contributed by atoms with Gasteiger partial charge in [0.25, 0.3) is 0 Å². The van der Waals surface area contributed by atoms with Crippen LogP contribution in [0.4, 0.5) is 0 Å². The first kappa shape index (κ1) is 15.5. The number of pyridine rings is 1. The maximum Gasteiger partial charge on any atom is 0.0372 e. The van der Waals surface area contributed by atoms with Crippen LogP contribution in [0.1, 0.15) is 69.9 Å². The number of nitrogens with zero attached hydrogens (tertiary/aromatic N) is 1. The number of aromatic nitrogens is 1. The van der Waals surface area contributed by atoms with E-state index in [-0.39, 0.29) is 0 Å². The molecule has 2 aliphatic rings. The molecule has 0 aliphatic heterocycles. The highest BCUT2D eigenvalue weighted by Crippen LogP contribution is 2.22. The third kappa shape index (κ3) is 6.04. The average Bonchev–Trinajstić information content (AvgIpc) is 2.51. The second-order valence-electron chi connectivity index (χ2n) is 6.31. The van der Waals surface area contributed by atoms with Crippen LogP contribution in [0, 0.1) is 6.92 Å². The molecule has 2 saturated carbocycles. The Labute approximate surface area is 124 Å². The van der Waals surface area contributed by atoms with Gasteiger partial charge >= 0.3 is 0 Å². The molecule has 0 spiro atoms. The van der Waals surface area contributed by atoms with Gasteiger partial charge in [-0.2, -0.15) is 0 Å². The number of nitrogens with one attached hydrogen (secondary N) is 1. The van der Waals surface area contributed by atoms with Crippen molar-refractivity contribution in [3.63, 3.8) is 0 Å². The molecule has 1 N–H and O–H groups in total. The molecule has 2 aliphatic carbocycles. The fourth-order valence-corrected chi connectivity index (χ4v) is 3.32. The highest BCUT2D eigenvalue weighted by Gasteiger charge is 2.19. The van der Waals surface area contributed by atoms with E-state index in [1.54, 1.807) is 6.20 Å². The Morgan fingerprint density at radius 1 is 0.850 bits per heavy atom. The van der Waals surface area contributed by atoms with Crippen LogP contribution in [-0.2, 0) is 0 Å². The third-order valence-electron chi connectivity index (χ3n) is 4.49. The molecule has 1 aromatic rings.